The summed E-state index contributed by atoms with van der Waals surface area (Å²) in [5.74, 6) is 2.10. The van der Waals surface area contributed by atoms with Crippen LogP contribution < -0.4 is 5.32 Å². The Labute approximate surface area is 116 Å². The van der Waals surface area contributed by atoms with Gasteiger partial charge in [-0.15, -0.1) is 6.42 Å². The number of terminal acetylenes is 1. The molecule has 0 saturated carbocycles. The zero-order valence-corrected chi connectivity index (χ0v) is 11.3. The van der Waals surface area contributed by atoms with Crippen LogP contribution in [0.4, 0.5) is 5.69 Å². The lowest BCUT2D eigenvalue weighted by Gasteiger charge is -2.16. The molecule has 0 aliphatic rings. The van der Waals surface area contributed by atoms with Gasteiger partial charge in [-0.3, -0.25) is 14.9 Å². The predicted molar refractivity (Wildman–Crippen MR) is 73.0 cm³/mol. The third kappa shape index (κ3) is 3.70. The number of carbonyl (C=O) groups is 1. The molecule has 0 fully saturated rings. The second-order valence-electron chi connectivity index (χ2n) is 4.28. The van der Waals surface area contributed by atoms with E-state index in [0.29, 0.717) is 0 Å². The standard InChI is InChI=1S/C13H13ClN2O3/c1-4-12(8(2)3)15-13(17)10-6-5-9(16(18)19)7-11(10)14/h1,5-8,12H,2-3H3,(H,15,17). The molecule has 1 rings (SSSR count). The quantitative estimate of drug-likeness (QED) is 0.523. The molecule has 0 radical (unpaired) electrons. The summed E-state index contributed by atoms with van der Waals surface area (Å²) >= 11 is 5.86. The van der Waals surface area contributed by atoms with Crippen LogP contribution in [0, 0.1) is 28.4 Å². The Morgan fingerprint density at radius 1 is 1.53 bits per heavy atom. The molecular weight excluding hydrogens is 268 g/mol. The highest BCUT2D eigenvalue weighted by Crippen LogP contribution is 2.22. The third-order valence-corrected chi connectivity index (χ3v) is 2.85. The number of rotatable bonds is 4. The van der Waals surface area contributed by atoms with Crippen molar-refractivity contribution < 1.29 is 9.72 Å². The summed E-state index contributed by atoms with van der Waals surface area (Å²) in [5, 5.41) is 13.2. The average molecular weight is 281 g/mol. The minimum absolute atomic E-state index is 0.0197. The molecular formula is C13H13ClN2O3. The number of nitro benzene ring substituents is 1. The Kier molecular flexibility index (Phi) is 4.90. The number of benzene rings is 1. The van der Waals surface area contributed by atoms with Crippen LogP contribution in [-0.2, 0) is 0 Å². The van der Waals surface area contributed by atoms with Crippen LogP contribution in [0.3, 0.4) is 0 Å². The number of hydrogen-bond acceptors (Lipinski definition) is 3. The summed E-state index contributed by atoms with van der Waals surface area (Å²) in [6, 6.07) is 3.25. The summed E-state index contributed by atoms with van der Waals surface area (Å²) in [6.45, 7) is 3.75. The lowest BCUT2D eigenvalue weighted by molar-refractivity contribution is -0.384. The van der Waals surface area contributed by atoms with Gasteiger partial charge in [0.2, 0.25) is 0 Å². The van der Waals surface area contributed by atoms with Gasteiger partial charge in [0.25, 0.3) is 11.6 Å². The predicted octanol–water partition coefficient (Wildman–Crippen LogP) is 2.64. The topological polar surface area (TPSA) is 72.2 Å². The van der Waals surface area contributed by atoms with Gasteiger partial charge in [0.1, 0.15) is 0 Å². The molecule has 6 heteroatoms. The number of nitro groups is 1. The van der Waals surface area contributed by atoms with E-state index in [4.69, 9.17) is 18.0 Å². The minimum Gasteiger partial charge on any atom is -0.338 e. The Balaban J connectivity index is 2.95. The Morgan fingerprint density at radius 2 is 2.16 bits per heavy atom. The van der Waals surface area contributed by atoms with E-state index in [0.717, 1.165) is 6.07 Å². The fraction of sp³-hybridized carbons (Fsp3) is 0.308. The second-order valence-corrected chi connectivity index (χ2v) is 4.69. The van der Waals surface area contributed by atoms with E-state index in [1.54, 1.807) is 0 Å². The molecule has 1 amide bonds. The van der Waals surface area contributed by atoms with Crippen molar-refractivity contribution in [3.8, 4) is 12.3 Å². The molecule has 0 saturated heterocycles. The molecule has 1 aromatic rings. The first-order valence-corrected chi connectivity index (χ1v) is 5.95. The van der Waals surface area contributed by atoms with Crippen molar-refractivity contribution in [1.29, 1.82) is 0 Å². The average Bonchev–Trinajstić information content (AvgIpc) is 2.34. The van der Waals surface area contributed by atoms with Gasteiger partial charge < -0.3 is 5.32 Å². The van der Waals surface area contributed by atoms with E-state index in [9.17, 15) is 14.9 Å². The third-order valence-electron chi connectivity index (χ3n) is 2.54. The van der Waals surface area contributed by atoms with Gasteiger partial charge in [-0.25, -0.2) is 0 Å². The van der Waals surface area contributed by atoms with Crippen LogP contribution in [0.5, 0.6) is 0 Å². The second kappa shape index (κ2) is 6.21. The molecule has 1 atom stereocenters. The summed E-state index contributed by atoms with van der Waals surface area (Å²) in [7, 11) is 0. The molecule has 5 nitrogen and oxygen atoms in total. The Hall–Kier alpha value is -2.06. The van der Waals surface area contributed by atoms with E-state index < -0.39 is 16.9 Å². The van der Waals surface area contributed by atoms with Crippen LogP contribution in [0.2, 0.25) is 5.02 Å². The zero-order valence-electron chi connectivity index (χ0n) is 10.5. The first-order valence-electron chi connectivity index (χ1n) is 5.57. The van der Waals surface area contributed by atoms with E-state index in [1.807, 2.05) is 13.8 Å². The molecule has 0 aliphatic heterocycles. The maximum Gasteiger partial charge on any atom is 0.270 e. The molecule has 1 unspecified atom stereocenters. The van der Waals surface area contributed by atoms with Crippen molar-refractivity contribution >= 4 is 23.2 Å². The minimum atomic E-state index is -0.577. The van der Waals surface area contributed by atoms with E-state index in [-0.39, 0.29) is 22.2 Å². The molecule has 0 spiro atoms. The Morgan fingerprint density at radius 3 is 2.58 bits per heavy atom. The summed E-state index contributed by atoms with van der Waals surface area (Å²) < 4.78 is 0. The van der Waals surface area contributed by atoms with Gasteiger partial charge >= 0.3 is 0 Å². The highest BCUT2D eigenvalue weighted by molar-refractivity contribution is 6.34. The van der Waals surface area contributed by atoms with Gasteiger partial charge in [0, 0.05) is 12.1 Å². The van der Waals surface area contributed by atoms with Gasteiger partial charge in [0.15, 0.2) is 0 Å². The van der Waals surface area contributed by atoms with Crippen molar-refractivity contribution in [1.82, 2.24) is 5.32 Å². The number of hydrogen-bond donors (Lipinski definition) is 1. The van der Waals surface area contributed by atoms with Crippen molar-refractivity contribution in [3.05, 3.63) is 38.9 Å². The molecule has 1 aromatic carbocycles. The fourth-order valence-corrected chi connectivity index (χ4v) is 1.68. The van der Waals surface area contributed by atoms with Gasteiger partial charge in [-0.2, -0.15) is 0 Å². The number of halogens is 1. The summed E-state index contributed by atoms with van der Waals surface area (Å²) in [5.41, 5.74) is -0.00734. The molecule has 1 N–H and O–H groups in total. The monoisotopic (exact) mass is 280 g/mol. The molecule has 0 heterocycles. The van der Waals surface area contributed by atoms with Crippen LogP contribution in [0.15, 0.2) is 18.2 Å². The van der Waals surface area contributed by atoms with Crippen molar-refractivity contribution in [2.45, 2.75) is 19.9 Å². The van der Waals surface area contributed by atoms with E-state index in [1.165, 1.54) is 12.1 Å². The summed E-state index contributed by atoms with van der Waals surface area (Å²) in [4.78, 5) is 21.9. The molecule has 0 aliphatic carbocycles. The lowest BCUT2D eigenvalue weighted by atomic mass is 10.0. The SMILES string of the molecule is C#CC(NC(=O)c1ccc([N+](=O)[O-])cc1Cl)C(C)C. The van der Waals surface area contributed by atoms with Gasteiger partial charge in [0.05, 0.1) is 21.6 Å². The van der Waals surface area contributed by atoms with Crippen molar-refractivity contribution in [3.63, 3.8) is 0 Å². The zero-order chi connectivity index (χ0) is 14.6. The van der Waals surface area contributed by atoms with Crippen LogP contribution in [0.25, 0.3) is 0 Å². The fourth-order valence-electron chi connectivity index (χ4n) is 1.42. The van der Waals surface area contributed by atoms with Crippen molar-refractivity contribution in [2.75, 3.05) is 0 Å². The Bertz CT molecular complexity index is 549. The molecule has 0 aromatic heterocycles. The van der Waals surface area contributed by atoms with Crippen molar-refractivity contribution in [2.24, 2.45) is 5.92 Å². The number of non-ortho nitro benzene ring substituents is 1. The first kappa shape index (κ1) is 15.0. The highest BCUT2D eigenvalue weighted by Gasteiger charge is 2.18. The lowest BCUT2D eigenvalue weighted by Crippen LogP contribution is -2.37. The largest absolute Gasteiger partial charge is 0.338 e. The molecule has 19 heavy (non-hydrogen) atoms. The highest BCUT2D eigenvalue weighted by atomic mass is 35.5. The van der Waals surface area contributed by atoms with Crippen LogP contribution >= 0.6 is 11.6 Å². The van der Waals surface area contributed by atoms with E-state index in [2.05, 4.69) is 11.2 Å². The maximum absolute atomic E-state index is 12.0. The van der Waals surface area contributed by atoms with Crippen LogP contribution in [0.1, 0.15) is 24.2 Å². The summed E-state index contributed by atoms with van der Waals surface area (Å²) in [6.07, 6.45) is 5.31. The molecule has 100 valence electrons. The number of carbonyl (C=O) groups excluding carboxylic acids is 1. The van der Waals surface area contributed by atoms with Gasteiger partial charge in [-0.1, -0.05) is 31.4 Å². The molecule has 0 bridgehead atoms. The number of nitrogens with zero attached hydrogens (tertiary/aromatic N) is 1. The smallest absolute Gasteiger partial charge is 0.270 e. The van der Waals surface area contributed by atoms with Gasteiger partial charge in [-0.05, 0) is 12.0 Å². The number of nitrogens with one attached hydrogen (secondary N) is 1. The first-order chi connectivity index (χ1) is 8.86. The number of amides is 1. The maximum atomic E-state index is 12.0. The normalized spacial score (nSPS) is 11.7. The van der Waals surface area contributed by atoms with Crippen LogP contribution in [-0.4, -0.2) is 16.9 Å². The van der Waals surface area contributed by atoms with E-state index >= 15 is 0 Å².